The van der Waals surface area contributed by atoms with E-state index in [0.29, 0.717) is 25.9 Å². The molecule has 5 nitrogen and oxygen atoms in total. The van der Waals surface area contributed by atoms with Crippen molar-refractivity contribution in [1.29, 1.82) is 0 Å². The van der Waals surface area contributed by atoms with E-state index in [1.807, 2.05) is 30.3 Å². The Labute approximate surface area is 118 Å². The van der Waals surface area contributed by atoms with E-state index in [0.717, 1.165) is 5.56 Å². The Bertz CT molecular complexity index is 467. The Kier molecular flexibility index (Phi) is 4.74. The summed E-state index contributed by atoms with van der Waals surface area (Å²) >= 11 is 0. The fourth-order valence-corrected chi connectivity index (χ4v) is 2.69. The molecule has 2 rings (SSSR count). The summed E-state index contributed by atoms with van der Waals surface area (Å²) < 4.78 is 4.92. The fraction of sp³-hybridized carbons (Fsp3) is 0.467. The normalized spacial score (nSPS) is 18.4. The molecule has 1 amide bonds. The lowest BCUT2D eigenvalue weighted by atomic mass is 9.94. The highest BCUT2D eigenvalue weighted by atomic mass is 16.5. The van der Waals surface area contributed by atoms with Gasteiger partial charge in [0.2, 0.25) is 5.91 Å². The topological polar surface area (TPSA) is 72.6 Å². The van der Waals surface area contributed by atoms with Crippen LogP contribution in [0.15, 0.2) is 30.3 Å². The van der Waals surface area contributed by atoms with Gasteiger partial charge in [0, 0.05) is 19.0 Å². The maximum Gasteiger partial charge on any atom is 0.327 e. The lowest BCUT2D eigenvalue weighted by Crippen LogP contribution is -2.43. The van der Waals surface area contributed by atoms with E-state index >= 15 is 0 Å². The molecule has 1 fully saturated rings. The van der Waals surface area contributed by atoms with Gasteiger partial charge in [0.25, 0.3) is 0 Å². The van der Waals surface area contributed by atoms with Crippen LogP contribution in [0.3, 0.4) is 0 Å². The Morgan fingerprint density at radius 3 is 2.35 bits per heavy atom. The quantitative estimate of drug-likeness (QED) is 0.836. The molecule has 0 aromatic heterocycles. The number of carbonyl (C=O) groups excluding carboxylic acids is 2. The summed E-state index contributed by atoms with van der Waals surface area (Å²) in [5.41, 5.74) is 6.25. The Morgan fingerprint density at radius 2 is 1.85 bits per heavy atom. The van der Waals surface area contributed by atoms with Crippen LogP contribution in [-0.4, -0.2) is 37.0 Å². The van der Waals surface area contributed by atoms with Gasteiger partial charge < -0.3 is 10.5 Å². The highest BCUT2D eigenvalue weighted by Gasteiger charge is 2.32. The van der Waals surface area contributed by atoms with Crippen molar-refractivity contribution in [2.24, 2.45) is 11.7 Å². The summed E-state index contributed by atoms with van der Waals surface area (Å²) in [7, 11) is 1.40. The number of hydrogen-bond acceptors (Lipinski definition) is 4. The van der Waals surface area contributed by atoms with E-state index in [4.69, 9.17) is 10.5 Å². The third-order valence-electron chi connectivity index (χ3n) is 3.84. The van der Waals surface area contributed by atoms with Gasteiger partial charge in [-0.1, -0.05) is 30.3 Å². The highest BCUT2D eigenvalue weighted by Crippen LogP contribution is 2.27. The van der Waals surface area contributed by atoms with Crippen molar-refractivity contribution in [3.63, 3.8) is 0 Å². The molecule has 2 N–H and O–H groups in total. The second-order valence-electron chi connectivity index (χ2n) is 5.05. The maximum atomic E-state index is 12.1. The summed E-state index contributed by atoms with van der Waals surface area (Å²) in [6.07, 6.45) is 1.38. The third-order valence-corrected chi connectivity index (χ3v) is 3.84. The van der Waals surface area contributed by atoms with E-state index in [9.17, 15) is 9.59 Å². The van der Waals surface area contributed by atoms with Gasteiger partial charge in [-0.2, -0.15) is 0 Å². The molecular formula is C15H20N2O3. The summed E-state index contributed by atoms with van der Waals surface area (Å²) in [5, 5.41) is 0. The third kappa shape index (κ3) is 3.17. The van der Waals surface area contributed by atoms with Crippen molar-refractivity contribution in [2.75, 3.05) is 20.2 Å². The average Bonchev–Trinajstić information content (AvgIpc) is 2.49. The van der Waals surface area contributed by atoms with E-state index in [1.165, 1.54) is 7.11 Å². The molecule has 108 valence electrons. The molecule has 0 spiro atoms. The predicted molar refractivity (Wildman–Crippen MR) is 74.7 cm³/mol. The van der Waals surface area contributed by atoms with Crippen LogP contribution in [0.2, 0.25) is 0 Å². The molecule has 0 aliphatic carbocycles. The zero-order valence-electron chi connectivity index (χ0n) is 11.6. The molecule has 0 saturated carbocycles. The molecule has 1 aliphatic rings. The first-order chi connectivity index (χ1) is 9.63. The van der Waals surface area contributed by atoms with Crippen LogP contribution in [0.25, 0.3) is 0 Å². The first kappa shape index (κ1) is 14.5. The monoisotopic (exact) mass is 276 g/mol. The van der Waals surface area contributed by atoms with Gasteiger partial charge in [0.05, 0.1) is 7.11 Å². The number of nitrogens with two attached hydrogens (primary N) is 1. The second-order valence-corrected chi connectivity index (χ2v) is 5.05. The second kappa shape index (κ2) is 6.52. The summed E-state index contributed by atoms with van der Waals surface area (Å²) in [6, 6.07) is 9.15. The van der Waals surface area contributed by atoms with Crippen LogP contribution in [0.5, 0.6) is 0 Å². The number of nitrogens with zero attached hydrogens (tertiary/aromatic N) is 1. The molecule has 20 heavy (non-hydrogen) atoms. The number of benzene rings is 1. The molecule has 1 aromatic carbocycles. The average molecular weight is 276 g/mol. The van der Waals surface area contributed by atoms with E-state index in [1.54, 1.807) is 0 Å². The minimum Gasteiger partial charge on any atom is -0.468 e. The van der Waals surface area contributed by atoms with Gasteiger partial charge in [0.15, 0.2) is 0 Å². The number of ether oxygens (including phenoxy) is 1. The van der Waals surface area contributed by atoms with Crippen LogP contribution >= 0.6 is 0 Å². The lowest BCUT2D eigenvalue weighted by molar-refractivity contribution is -0.148. The van der Waals surface area contributed by atoms with Gasteiger partial charge >= 0.3 is 5.97 Å². The Balaban J connectivity index is 2.13. The molecule has 0 bridgehead atoms. The molecule has 1 heterocycles. The van der Waals surface area contributed by atoms with Gasteiger partial charge in [-0.05, 0) is 18.4 Å². The number of hydrogen-bond donors (Lipinski definition) is 1. The SMILES string of the molecule is COC(=O)C(c1ccccc1)N1CCC(C(N)=O)CC1. The van der Waals surface area contributed by atoms with Crippen LogP contribution in [-0.2, 0) is 14.3 Å². The maximum absolute atomic E-state index is 12.1. The van der Waals surface area contributed by atoms with Crippen molar-refractivity contribution >= 4 is 11.9 Å². The smallest absolute Gasteiger partial charge is 0.327 e. The Hall–Kier alpha value is -1.88. The number of likely N-dealkylation sites (tertiary alicyclic amines) is 1. The van der Waals surface area contributed by atoms with Crippen molar-refractivity contribution in [2.45, 2.75) is 18.9 Å². The number of amides is 1. The minimum absolute atomic E-state index is 0.0830. The van der Waals surface area contributed by atoms with E-state index in [-0.39, 0.29) is 17.8 Å². The number of carbonyl (C=O) groups is 2. The minimum atomic E-state index is -0.407. The number of esters is 1. The molecule has 5 heteroatoms. The summed E-state index contributed by atoms with van der Waals surface area (Å²) in [4.78, 5) is 25.3. The van der Waals surface area contributed by atoms with E-state index in [2.05, 4.69) is 4.90 Å². The molecule has 0 radical (unpaired) electrons. The van der Waals surface area contributed by atoms with Crippen molar-refractivity contribution in [1.82, 2.24) is 4.90 Å². The van der Waals surface area contributed by atoms with Crippen LogP contribution < -0.4 is 5.73 Å². The number of methoxy groups -OCH3 is 1. The highest BCUT2D eigenvalue weighted by molar-refractivity contribution is 5.78. The molecule has 1 aromatic rings. The lowest BCUT2D eigenvalue weighted by Gasteiger charge is -2.35. The zero-order chi connectivity index (χ0) is 14.5. The molecule has 1 atom stereocenters. The molecular weight excluding hydrogens is 256 g/mol. The van der Waals surface area contributed by atoms with Crippen LogP contribution in [0, 0.1) is 5.92 Å². The standard InChI is InChI=1S/C15H20N2O3/c1-20-15(19)13(11-5-3-2-4-6-11)17-9-7-12(8-10-17)14(16)18/h2-6,12-13H,7-10H2,1H3,(H2,16,18). The van der Waals surface area contributed by atoms with Gasteiger partial charge in [-0.3, -0.25) is 9.69 Å². The molecule has 1 unspecified atom stereocenters. The fourth-order valence-electron chi connectivity index (χ4n) is 2.69. The van der Waals surface area contributed by atoms with Gasteiger partial charge in [0.1, 0.15) is 6.04 Å². The van der Waals surface area contributed by atoms with Gasteiger partial charge in [-0.15, -0.1) is 0 Å². The zero-order valence-corrected chi connectivity index (χ0v) is 11.6. The largest absolute Gasteiger partial charge is 0.468 e. The molecule has 1 saturated heterocycles. The first-order valence-electron chi connectivity index (χ1n) is 6.79. The summed E-state index contributed by atoms with van der Waals surface area (Å²) in [6.45, 7) is 1.34. The van der Waals surface area contributed by atoms with E-state index < -0.39 is 6.04 Å². The number of piperidine rings is 1. The first-order valence-corrected chi connectivity index (χ1v) is 6.79. The van der Waals surface area contributed by atoms with Crippen LogP contribution in [0.4, 0.5) is 0 Å². The van der Waals surface area contributed by atoms with Crippen molar-refractivity contribution in [3.05, 3.63) is 35.9 Å². The van der Waals surface area contributed by atoms with Crippen LogP contribution in [0.1, 0.15) is 24.4 Å². The van der Waals surface area contributed by atoms with Gasteiger partial charge in [-0.25, -0.2) is 4.79 Å². The number of primary amides is 1. The predicted octanol–water partition coefficient (Wildman–Crippen LogP) is 1.10. The van der Waals surface area contributed by atoms with Crippen molar-refractivity contribution < 1.29 is 14.3 Å². The Morgan fingerprint density at radius 1 is 1.25 bits per heavy atom. The van der Waals surface area contributed by atoms with Crippen molar-refractivity contribution in [3.8, 4) is 0 Å². The molecule has 1 aliphatic heterocycles. The number of rotatable bonds is 4. The summed E-state index contributed by atoms with van der Waals surface area (Å²) in [5.74, 6) is -0.604.